The van der Waals surface area contributed by atoms with Crippen molar-refractivity contribution in [2.75, 3.05) is 19.6 Å². The van der Waals surface area contributed by atoms with Crippen molar-refractivity contribution in [2.24, 2.45) is 0 Å². The Bertz CT molecular complexity index is 910. The van der Waals surface area contributed by atoms with Crippen LogP contribution in [0.5, 0.6) is 0 Å². The predicted molar refractivity (Wildman–Crippen MR) is 104 cm³/mol. The highest BCUT2D eigenvalue weighted by atomic mass is 19.1. The molecule has 3 aromatic rings. The molecule has 0 saturated carbocycles. The molecule has 0 saturated heterocycles. The Morgan fingerprint density at radius 1 is 1.15 bits per heavy atom. The van der Waals surface area contributed by atoms with Gasteiger partial charge in [-0.2, -0.15) is 0 Å². The first-order chi connectivity index (χ1) is 12.8. The van der Waals surface area contributed by atoms with Crippen molar-refractivity contribution in [3.8, 4) is 22.5 Å². The second-order valence-corrected chi connectivity index (χ2v) is 6.55. The van der Waals surface area contributed by atoms with Crippen LogP contribution in [-0.4, -0.2) is 34.5 Å². The average molecular weight is 347 g/mol. The number of H-pyrrole nitrogens is 1. The van der Waals surface area contributed by atoms with Crippen LogP contribution >= 0.6 is 0 Å². The minimum Gasteiger partial charge on any atom is -0.360 e. The van der Waals surface area contributed by atoms with E-state index in [1.807, 2.05) is 36.5 Å². The van der Waals surface area contributed by atoms with E-state index in [9.17, 15) is 4.39 Å². The standard InChI is InChI=1S/C22H22FN3/c1-2-26-13-10-16(11-14-26)19-15-25-22(17-6-8-18(23)9-7-17)21(19)20-5-3-4-12-24-20/h3-10,12,15,25H,2,11,13-14H2,1H3. The van der Waals surface area contributed by atoms with E-state index in [2.05, 4.69) is 34.1 Å². The van der Waals surface area contributed by atoms with Gasteiger partial charge in [-0.05, 0) is 60.5 Å². The fourth-order valence-corrected chi connectivity index (χ4v) is 3.54. The largest absolute Gasteiger partial charge is 0.360 e. The van der Waals surface area contributed by atoms with E-state index in [-0.39, 0.29) is 5.82 Å². The average Bonchev–Trinajstić information content (AvgIpc) is 3.14. The molecule has 1 N–H and O–H groups in total. The molecular weight excluding hydrogens is 325 g/mol. The van der Waals surface area contributed by atoms with E-state index in [1.165, 1.54) is 23.3 Å². The zero-order valence-corrected chi connectivity index (χ0v) is 14.9. The summed E-state index contributed by atoms with van der Waals surface area (Å²) in [5.74, 6) is -0.227. The second kappa shape index (κ2) is 7.26. The zero-order chi connectivity index (χ0) is 17.9. The number of hydrogen-bond acceptors (Lipinski definition) is 2. The lowest BCUT2D eigenvalue weighted by molar-refractivity contribution is 0.319. The highest BCUT2D eigenvalue weighted by Gasteiger charge is 2.20. The molecule has 0 spiro atoms. The molecule has 0 atom stereocenters. The van der Waals surface area contributed by atoms with E-state index in [4.69, 9.17) is 0 Å². The van der Waals surface area contributed by atoms with Gasteiger partial charge in [0.1, 0.15) is 5.82 Å². The lowest BCUT2D eigenvalue weighted by atomic mass is 9.94. The molecule has 26 heavy (non-hydrogen) atoms. The number of aromatic amines is 1. The summed E-state index contributed by atoms with van der Waals surface area (Å²) in [6.45, 7) is 5.32. The van der Waals surface area contributed by atoms with Gasteiger partial charge in [0.25, 0.3) is 0 Å². The molecule has 1 aliphatic heterocycles. The van der Waals surface area contributed by atoms with Gasteiger partial charge in [-0.15, -0.1) is 0 Å². The molecule has 0 aliphatic carbocycles. The molecule has 1 aliphatic rings. The predicted octanol–water partition coefficient (Wildman–Crippen LogP) is 4.99. The van der Waals surface area contributed by atoms with E-state index >= 15 is 0 Å². The molecule has 3 heterocycles. The second-order valence-electron chi connectivity index (χ2n) is 6.55. The van der Waals surface area contributed by atoms with E-state index in [0.29, 0.717) is 0 Å². The molecule has 3 nitrogen and oxygen atoms in total. The van der Waals surface area contributed by atoms with Crippen LogP contribution in [0.3, 0.4) is 0 Å². The van der Waals surface area contributed by atoms with Gasteiger partial charge in [-0.1, -0.05) is 19.1 Å². The number of pyridine rings is 1. The number of benzene rings is 1. The molecule has 0 fully saturated rings. The Kier molecular flexibility index (Phi) is 4.67. The minimum absolute atomic E-state index is 0.227. The number of hydrogen-bond donors (Lipinski definition) is 1. The number of nitrogens with one attached hydrogen (secondary N) is 1. The molecule has 0 amide bonds. The number of likely N-dealkylation sites (N-methyl/N-ethyl adjacent to an activating group) is 1. The van der Waals surface area contributed by atoms with E-state index in [0.717, 1.165) is 48.6 Å². The van der Waals surface area contributed by atoms with E-state index in [1.54, 1.807) is 0 Å². The lowest BCUT2D eigenvalue weighted by Gasteiger charge is -2.25. The van der Waals surface area contributed by atoms with E-state index < -0.39 is 0 Å². The summed E-state index contributed by atoms with van der Waals surface area (Å²) in [4.78, 5) is 10.4. The minimum atomic E-state index is -0.227. The van der Waals surface area contributed by atoms with Crippen molar-refractivity contribution in [2.45, 2.75) is 13.3 Å². The molecule has 0 unspecified atom stereocenters. The molecule has 4 rings (SSSR count). The van der Waals surface area contributed by atoms with Crippen LogP contribution in [0, 0.1) is 5.82 Å². The summed E-state index contributed by atoms with van der Waals surface area (Å²) in [5.41, 5.74) is 6.51. The van der Waals surface area contributed by atoms with Gasteiger partial charge in [0.05, 0.1) is 11.4 Å². The summed E-state index contributed by atoms with van der Waals surface area (Å²) in [5, 5.41) is 0. The summed E-state index contributed by atoms with van der Waals surface area (Å²) in [6, 6.07) is 12.6. The van der Waals surface area contributed by atoms with Crippen molar-refractivity contribution in [3.63, 3.8) is 0 Å². The number of nitrogens with zero attached hydrogens (tertiary/aromatic N) is 2. The molecule has 2 aromatic heterocycles. The Hall–Kier alpha value is -2.72. The van der Waals surface area contributed by atoms with Gasteiger partial charge < -0.3 is 4.98 Å². The summed E-state index contributed by atoms with van der Waals surface area (Å²) in [7, 11) is 0. The first kappa shape index (κ1) is 16.7. The van der Waals surface area contributed by atoms with Crippen molar-refractivity contribution in [1.82, 2.24) is 14.9 Å². The normalized spacial score (nSPS) is 15.1. The third kappa shape index (κ3) is 3.20. The smallest absolute Gasteiger partial charge is 0.123 e. The van der Waals surface area contributed by atoms with Crippen LogP contribution in [0.1, 0.15) is 18.9 Å². The molecule has 0 bridgehead atoms. The molecule has 132 valence electrons. The number of halogens is 1. The fraction of sp³-hybridized carbons (Fsp3) is 0.227. The van der Waals surface area contributed by atoms with Crippen LogP contribution in [0.25, 0.3) is 28.1 Å². The van der Waals surface area contributed by atoms with Crippen molar-refractivity contribution < 1.29 is 4.39 Å². The van der Waals surface area contributed by atoms with Crippen LogP contribution in [0.2, 0.25) is 0 Å². The molecule has 0 radical (unpaired) electrons. The highest BCUT2D eigenvalue weighted by Crippen LogP contribution is 2.38. The maximum atomic E-state index is 13.4. The monoisotopic (exact) mass is 347 g/mol. The van der Waals surface area contributed by atoms with Crippen molar-refractivity contribution >= 4 is 5.57 Å². The van der Waals surface area contributed by atoms with Gasteiger partial charge in [-0.3, -0.25) is 9.88 Å². The molecule has 4 heteroatoms. The molecule has 1 aromatic carbocycles. The maximum absolute atomic E-state index is 13.4. The van der Waals surface area contributed by atoms with Crippen LogP contribution in [0.15, 0.2) is 60.9 Å². The Morgan fingerprint density at radius 2 is 2.00 bits per heavy atom. The first-order valence-electron chi connectivity index (χ1n) is 9.06. The SMILES string of the molecule is CCN1CC=C(c2c[nH]c(-c3ccc(F)cc3)c2-c2ccccn2)CC1. The fourth-order valence-electron chi connectivity index (χ4n) is 3.54. The van der Waals surface area contributed by atoms with Gasteiger partial charge in [0.15, 0.2) is 0 Å². The zero-order valence-electron chi connectivity index (χ0n) is 14.9. The quantitative estimate of drug-likeness (QED) is 0.721. The summed E-state index contributed by atoms with van der Waals surface area (Å²) < 4.78 is 13.4. The van der Waals surface area contributed by atoms with Gasteiger partial charge in [0, 0.05) is 36.6 Å². The van der Waals surface area contributed by atoms with Crippen LogP contribution < -0.4 is 0 Å². The van der Waals surface area contributed by atoms with Crippen molar-refractivity contribution in [1.29, 1.82) is 0 Å². The third-order valence-corrected chi connectivity index (χ3v) is 5.02. The molecular formula is C22H22FN3. The lowest BCUT2D eigenvalue weighted by Crippen LogP contribution is -2.28. The first-order valence-corrected chi connectivity index (χ1v) is 9.06. The van der Waals surface area contributed by atoms with Crippen LogP contribution in [0.4, 0.5) is 4.39 Å². The topological polar surface area (TPSA) is 31.9 Å². The van der Waals surface area contributed by atoms with Gasteiger partial charge >= 0.3 is 0 Å². The van der Waals surface area contributed by atoms with Crippen LogP contribution in [-0.2, 0) is 0 Å². The number of rotatable bonds is 4. The maximum Gasteiger partial charge on any atom is 0.123 e. The third-order valence-electron chi connectivity index (χ3n) is 5.02. The van der Waals surface area contributed by atoms with Crippen molar-refractivity contribution in [3.05, 3.63) is 72.3 Å². The van der Waals surface area contributed by atoms with Gasteiger partial charge in [0.2, 0.25) is 0 Å². The van der Waals surface area contributed by atoms with Gasteiger partial charge in [-0.25, -0.2) is 4.39 Å². The Labute approximate surface area is 153 Å². The highest BCUT2D eigenvalue weighted by molar-refractivity contribution is 5.90. The summed E-state index contributed by atoms with van der Waals surface area (Å²) in [6.07, 6.45) is 7.22. The number of aromatic nitrogens is 2. The Balaban J connectivity index is 1.83. The Morgan fingerprint density at radius 3 is 2.65 bits per heavy atom. The summed E-state index contributed by atoms with van der Waals surface area (Å²) >= 11 is 0.